The molecule has 1 fully saturated rings. The molecule has 0 bridgehead atoms. The van der Waals surface area contributed by atoms with Gasteiger partial charge in [-0.3, -0.25) is 4.79 Å². The molecule has 0 saturated heterocycles. The van der Waals surface area contributed by atoms with Crippen LogP contribution in [0.15, 0.2) is 11.4 Å². The number of thiophene rings is 1. The van der Waals surface area contributed by atoms with Crippen molar-refractivity contribution < 1.29 is 4.79 Å². The lowest BCUT2D eigenvalue weighted by atomic mass is 9.71. The lowest BCUT2D eigenvalue weighted by molar-refractivity contribution is -0.137. The average molecular weight is 357 g/mol. The summed E-state index contributed by atoms with van der Waals surface area (Å²) in [4.78, 5) is 16.6. The number of nitrogens with zero attached hydrogens (tertiary/aromatic N) is 1. The standard InChI is InChI=1S/C18H28N2OS.ClH/c1-2-15-14-7-11-22-16(14)6-10-20(15)17(21)12-18(13-19)8-4-3-5-9-18;/h7,11,15H,2-6,8-10,12-13,19H2,1H3;1H. The lowest BCUT2D eigenvalue weighted by Gasteiger charge is -2.40. The first-order chi connectivity index (χ1) is 10.7. The maximum Gasteiger partial charge on any atom is 0.223 e. The van der Waals surface area contributed by atoms with E-state index in [2.05, 4.69) is 23.3 Å². The number of rotatable bonds is 4. The Bertz CT molecular complexity index is 525. The van der Waals surface area contributed by atoms with Crippen molar-refractivity contribution in [3.63, 3.8) is 0 Å². The zero-order valence-corrected chi connectivity index (χ0v) is 15.7. The highest BCUT2D eigenvalue weighted by Crippen LogP contribution is 2.41. The molecule has 2 N–H and O–H groups in total. The summed E-state index contributed by atoms with van der Waals surface area (Å²) < 4.78 is 0. The second kappa shape index (κ2) is 8.00. The summed E-state index contributed by atoms with van der Waals surface area (Å²) in [5.41, 5.74) is 7.53. The van der Waals surface area contributed by atoms with Gasteiger partial charge < -0.3 is 10.6 Å². The van der Waals surface area contributed by atoms with Crippen LogP contribution in [0.25, 0.3) is 0 Å². The Morgan fingerprint density at radius 2 is 2.13 bits per heavy atom. The summed E-state index contributed by atoms with van der Waals surface area (Å²) in [7, 11) is 0. The molecule has 0 aromatic carbocycles. The van der Waals surface area contributed by atoms with Crippen molar-refractivity contribution in [3.8, 4) is 0 Å². The molecule has 1 aromatic heterocycles. The van der Waals surface area contributed by atoms with E-state index in [1.165, 1.54) is 29.7 Å². The summed E-state index contributed by atoms with van der Waals surface area (Å²) in [6, 6.07) is 2.49. The predicted molar refractivity (Wildman–Crippen MR) is 99.2 cm³/mol. The monoisotopic (exact) mass is 356 g/mol. The van der Waals surface area contributed by atoms with Crippen LogP contribution in [-0.4, -0.2) is 23.9 Å². The van der Waals surface area contributed by atoms with Gasteiger partial charge in [0.2, 0.25) is 5.91 Å². The van der Waals surface area contributed by atoms with Crippen molar-refractivity contribution in [3.05, 3.63) is 21.9 Å². The van der Waals surface area contributed by atoms with E-state index in [1.807, 2.05) is 11.3 Å². The van der Waals surface area contributed by atoms with Crippen molar-refractivity contribution in [2.45, 2.75) is 64.3 Å². The largest absolute Gasteiger partial charge is 0.335 e. The van der Waals surface area contributed by atoms with E-state index < -0.39 is 0 Å². The summed E-state index contributed by atoms with van der Waals surface area (Å²) >= 11 is 1.84. The maximum absolute atomic E-state index is 13.0. The molecule has 23 heavy (non-hydrogen) atoms. The third kappa shape index (κ3) is 3.75. The summed E-state index contributed by atoms with van der Waals surface area (Å²) in [6.45, 7) is 3.73. The molecule has 1 amide bonds. The topological polar surface area (TPSA) is 46.3 Å². The van der Waals surface area contributed by atoms with Gasteiger partial charge in [-0.1, -0.05) is 26.2 Å². The van der Waals surface area contributed by atoms with Gasteiger partial charge in [0.05, 0.1) is 6.04 Å². The normalized spacial score (nSPS) is 23.0. The molecular formula is C18H29ClN2OS. The van der Waals surface area contributed by atoms with Gasteiger partial charge in [0.25, 0.3) is 0 Å². The smallest absolute Gasteiger partial charge is 0.223 e. The van der Waals surface area contributed by atoms with Crippen molar-refractivity contribution in [1.82, 2.24) is 4.90 Å². The summed E-state index contributed by atoms with van der Waals surface area (Å²) in [5, 5.41) is 2.17. The van der Waals surface area contributed by atoms with Gasteiger partial charge in [0.15, 0.2) is 0 Å². The van der Waals surface area contributed by atoms with Crippen LogP contribution in [0.2, 0.25) is 0 Å². The van der Waals surface area contributed by atoms with E-state index in [4.69, 9.17) is 5.73 Å². The second-order valence-corrected chi connectivity index (χ2v) is 8.00. The Balaban J connectivity index is 0.00000192. The van der Waals surface area contributed by atoms with Gasteiger partial charge in [0, 0.05) is 17.8 Å². The Morgan fingerprint density at radius 1 is 1.39 bits per heavy atom. The molecule has 1 atom stereocenters. The molecule has 1 aromatic rings. The first kappa shape index (κ1) is 18.8. The number of hydrogen-bond acceptors (Lipinski definition) is 3. The molecule has 1 unspecified atom stereocenters. The van der Waals surface area contributed by atoms with E-state index >= 15 is 0 Å². The fourth-order valence-electron chi connectivity index (χ4n) is 4.31. The fraction of sp³-hybridized carbons (Fsp3) is 0.722. The fourth-order valence-corrected chi connectivity index (χ4v) is 5.24. The van der Waals surface area contributed by atoms with Crippen LogP contribution < -0.4 is 5.73 Å². The number of nitrogens with two attached hydrogens (primary N) is 1. The lowest BCUT2D eigenvalue weighted by Crippen LogP contribution is -2.44. The van der Waals surface area contributed by atoms with Crippen LogP contribution in [0.3, 0.4) is 0 Å². The molecular weight excluding hydrogens is 328 g/mol. The third-order valence-electron chi connectivity index (χ3n) is 5.68. The first-order valence-corrected chi connectivity index (χ1v) is 9.63. The second-order valence-electron chi connectivity index (χ2n) is 7.00. The minimum Gasteiger partial charge on any atom is -0.335 e. The number of fused-ring (bicyclic) bond motifs is 1. The highest BCUT2D eigenvalue weighted by molar-refractivity contribution is 7.10. The van der Waals surface area contributed by atoms with Crippen molar-refractivity contribution >= 4 is 29.7 Å². The number of hydrogen-bond donors (Lipinski definition) is 1. The zero-order chi connectivity index (χ0) is 15.6. The summed E-state index contributed by atoms with van der Waals surface area (Å²) in [6.07, 6.45) is 8.70. The van der Waals surface area contributed by atoms with Crippen LogP contribution in [-0.2, 0) is 11.2 Å². The zero-order valence-electron chi connectivity index (χ0n) is 14.1. The molecule has 2 aliphatic rings. The minimum atomic E-state index is 0. The predicted octanol–water partition coefficient (Wildman–Crippen LogP) is 4.31. The van der Waals surface area contributed by atoms with E-state index in [1.54, 1.807) is 0 Å². The summed E-state index contributed by atoms with van der Waals surface area (Å²) in [5.74, 6) is 0.330. The molecule has 5 heteroatoms. The van der Waals surface area contributed by atoms with Crippen LogP contribution in [0.4, 0.5) is 0 Å². The SMILES string of the molecule is CCC1c2ccsc2CCN1C(=O)CC1(CN)CCCCC1.Cl. The quantitative estimate of drug-likeness (QED) is 0.873. The minimum absolute atomic E-state index is 0. The molecule has 3 rings (SSSR count). The van der Waals surface area contributed by atoms with E-state index in [-0.39, 0.29) is 23.9 Å². The van der Waals surface area contributed by atoms with Crippen molar-refractivity contribution in [1.29, 1.82) is 0 Å². The average Bonchev–Trinajstić information content (AvgIpc) is 3.03. The molecule has 1 saturated carbocycles. The van der Waals surface area contributed by atoms with Crippen molar-refractivity contribution in [2.75, 3.05) is 13.1 Å². The van der Waals surface area contributed by atoms with Crippen LogP contribution >= 0.6 is 23.7 Å². The maximum atomic E-state index is 13.0. The highest BCUT2D eigenvalue weighted by Gasteiger charge is 2.37. The van der Waals surface area contributed by atoms with Crippen LogP contribution in [0, 0.1) is 5.41 Å². The number of carbonyl (C=O) groups excluding carboxylic acids is 1. The Morgan fingerprint density at radius 3 is 2.78 bits per heavy atom. The van der Waals surface area contributed by atoms with E-state index in [0.29, 0.717) is 18.9 Å². The van der Waals surface area contributed by atoms with Gasteiger partial charge in [0.1, 0.15) is 0 Å². The molecule has 3 nitrogen and oxygen atoms in total. The number of carbonyl (C=O) groups is 1. The van der Waals surface area contributed by atoms with Gasteiger partial charge in [-0.15, -0.1) is 23.7 Å². The van der Waals surface area contributed by atoms with Gasteiger partial charge >= 0.3 is 0 Å². The van der Waals surface area contributed by atoms with Gasteiger partial charge in [-0.25, -0.2) is 0 Å². The Labute approximate surface area is 150 Å². The third-order valence-corrected chi connectivity index (χ3v) is 6.67. The highest BCUT2D eigenvalue weighted by atomic mass is 35.5. The van der Waals surface area contributed by atoms with Gasteiger partial charge in [-0.2, -0.15) is 0 Å². The van der Waals surface area contributed by atoms with E-state index in [9.17, 15) is 4.79 Å². The molecule has 0 radical (unpaired) electrons. The molecule has 130 valence electrons. The number of halogens is 1. The van der Waals surface area contributed by atoms with Crippen molar-refractivity contribution in [2.24, 2.45) is 11.1 Å². The Kier molecular flexibility index (Phi) is 6.52. The molecule has 2 heterocycles. The molecule has 1 aliphatic carbocycles. The van der Waals surface area contributed by atoms with Gasteiger partial charge in [-0.05, 0) is 54.7 Å². The van der Waals surface area contributed by atoms with Crippen LogP contribution in [0.1, 0.15) is 68.4 Å². The molecule has 1 aliphatic heterocycles. The van der Waals surface area contributed by atoms with Crippen LogP contribution in [0.5, 0.6) is 0 Å². The van der Waals surface area contributed by atoms with E-state index in [0.717, 1.165) is 32.2 Å². The number of amides is 1. The molecule has 0 spiro atoms. The first-order valence-electron chi connectivity index (χ1n) is 8.75. The Hall–Kier alpha value is -0.580.